The maximum absolute atomic E-state index is 6.45. The maximum Gasteiger partial charge on any atom is 0.0817 e. The first kappa shape index (κ1) is 92.4. The zero-order chi connectivity index (χ0) is 95.7. The number of nitrogens with one attached hydrogen (secondary N) is 4. The Balaban J connectivity index is 1.18. The largest absolute Gasteiger partial charge is 0.354 e. The van der Waals surface area contributed by atoms with Crippen LogP contribution >= 0.6 is 0 Å². The summed E-state index contributed by atoms with van der Waals surface area (Å²) in [4.78, 5) is 42.4. The SMILES string of the molecule is CC(C)(C)c1cc(-c2c3nc(c(-c4cc(C(C)(C)C)cc(C(C)(C)C)c4)c4ccc([nH]4)c4c5nc(cc5c5cc6nc5c4c4ccc([nH]4)c(-c4cc(C(C)(C)C)cc(C(C)(C)C)c4)c4nc(c(-c5cc(C(C)(C)C)cc(C(C)(C)C)c5)c5ccc([nH]5)c6-c5cc(C(C)(C)C)cc(C(C)(C)C)c5)C=C4)c(-c4cc(C(C)(C)C)cc(C(C)(C)C)c4)c4ccc2[nH]4)C=C3)cc(C(C)(C)C)c1. The summed E-state index contributed by atoms with van der Waals surface area (Å²) in [6.07, 6.45) is 9.11. The molecule has 16 bridgehead atoms. The van der Waals surface area contributed by atoms with E-state index in [0.29, 0.717) is 0 Å². The molecule has 132 heavy (non-hydrogen) atoms. The Morgan fingerprint density at radius 1 is 0.167 bits per heavy atom. The Morgan fingerprint density at radius 3 is 0.492 bits per heavy atom. The molecule has 8 nitrogen and oxygen atoms in total. The van der Waals surface area contributed by atoms with Crippen LogP contribution in [0.3, 0.4) is 0 Å². The van der Waals surface area contributed by atoms with Gasteiger partial charge in [0.15, 0.2) is 0 Å². The van der Waals surface area contributed by atoms with Crippen molar-refractivity contribution in [3.05, 3.63) is 259 Å². The molecule has 2 aliphatic rings. The molecule has 0 fully saturated rings. The highest BCUT2D eigenvalue weighted by molar-refractivity contribution is 6.33. The third kappa shape index (κ3) is 17.4. The Labute approximate surface area is 787 Å². The third-order valence-electron chi connectivity index (χ3n) is 28.0. The Hall–Kier alpha value is -11.5. The number of H-pyrrole nitrogens is 4. The van der Waals surface area contributed by atoms with E-state index in [0.717, 1.165) is 177 Å². The minimum Gasteiger partial charge on any atom is -0.354 e. The number of hydrogen-bond acceptors (Lipinski definition) is 4. The molecule has 0 amide bonds. The van der Waals surface area contributed by atoms with Gasteiger partial charge in [-0.15, -0.1) is 0 Å². The smallest absolute Gasteiger partial charge is 0.0817 e. The van der Waals surface area contributed by atoms with Crippen LogP contribution in [0.5, 0.6) is 0 Å². The van der Waals surface area contributed by atoms with E-state index in [1.165, 1.54) is 66.8 Å². The molecule has 2 aliphatic heterocycles. The molecule has 10 heterocycles. The van der Waals surface area contributed by atoms with Gasteiger partial charge in [-0.2, -0.15) is 0 Å². The van der Waals surface area contributed by atoms with Crippen molar-refractivity contribution in [3.63, 3.8) is 0 Å². The molecular formula is C124H144N8. The van der Waals surface area contributed by atoms with Gasteiger partial charge in [0.05, 0.1) is 44.8 Å². The van der Waals surface area contributed by atoms with Crippen molar-refractivity contribution in [1.82, 2.24) is 39.9 Å². The monoisotopic (exact) mass is 1750 g/mol. The molecule has 0 saturated heterocycles. The zero-order valence-electron chi connectivity index (χ0n) is 86.3. The highest BCUT2D eigenvalue weighted by Gasteiger charge is 2.34. The molecule has 0 unspecified atom stereocenters. The second-order valence-electron chi connectivity index (χ2n) is 51.2. The van der Waals surface area contributed by atoms with Gasteiger partial charge in [0.25, 0.3) is 0 Å². The molecule has 7 aromatic carbocycles. The first-order valence-electron chi connectivity index (χ1n) is 48.3. The number of hydrogen-bond donors (Lipinski definition) is 4. The zero-order valence-corrected chi connectivity index (χ0v) is 86.3. The quantitative estimate of drug-likeness (QED) is 0.133. The van der Waals surface area contributed by atoms with E-state index in [9.17, 15) is 0 Å². The van der Waals surface area contributed by atoms with Gasteiger partial charge in [-0.1, -0.05) is 358 Å². The van der Waals surface area contributed by atoms with Crippen molar-refractivity contribution in [2.45, 2.75) is 314 Å². The van der Waals surface area contributed by atoms with Crippen LogP contribution in [0.25, 0.3) is 179 Å². The number of benzene rings is 7. The second-order valence-corrected chi connectivity index (χ2v) is 51.2. The van der Waals surface area contributed by atoms with Crippen LogP contribution in [0.15, 0.2) is 170 Å². The minimum atomic E-state index is -0.225. The predicted molar refractivity (Wildman–Crippen MR) is 574 cm³/mol. The minimum absolute atomic E-state index is 0.178. The second kappa shape index (κ2) is 31.1. The Bertz CT molecular complexity index is 6930. The molecule has 17 rings (SSSR count). The lowest BCUT2D eigenvalue weighted by Gasteiger charge is -2.26. The van der Waals surface area contributed by atoms with Crippen LogP contribution in [-0.4, -0.2) is 39.9 Å². The molecule has 15 aromatic rings. The lowest BCUT2D eigenvalue weighted by Crippen LogP contribution is -2.16. The molecule has 680 valence electrons. The Kier molecular flexibility index (Phi) is 21.7. The van der Waals surface area contributed by atoms with E-state index < -0.39 is 0 Å². The average molecular weight is 1750 g/mol. The van der Waals surface area contributed by atoms with Crippen LogP contribution in [0.4, 0.5) is 0 Å². The van der Waals surface area contributed by atoms with Crippen molar-refractivity contribution >= 4 is 112 Å². The highest BCUT2D eigenvalue weighted by atomic mass is 14.8. The Morgan fingerprint density at radius 2 is 0.318 bits per heavy atom. The summed E-state index contributed by atoms with van der Waals surface area (Å²) in [6, 6.07) is 67.3. The van der Waals surface area contributed by atoms with E-state index in [1.807, 2.05) is 0 Å². The lowest BCUT2D eigenvalue weighted by atomic mass is 9.78. The number of rotatable bonds is 6. The summed E-state index contributed by atoms with van der Waals surface area (Å²) >= 11 is 0. The molecule has 8 heteroatoms. The molecule has 8 aromatic heterocycles. The fraction of sp³-hybridized carbons (Fsp3) is 0.387. The van der Waals surface area contributed by atoms with Gasteiger partial charge in [0, 0.05) is 99.1 Å². The van der Waals surface area contributed by atoms with Crippen LogP contribution in [0.1, 0.15) is 339 Å². The number of aromatic nitrogens is 8. The normalized spacial score (nSPS) is 13.8. The van der Waals surface area contributed by atoms with Gasteiger partial charge in [-0.05, 0) is 250 Å². The van der Waals surface area contributed by atoms with E-state index in [4.69, 9.17) is 19.9 Å². The summed E-state index contributed by atoms with van der Waals surface area (Å²) in [5.74, 6) is 0. The number of aromatic amines is 4. The summed E-state index contributed by atoms with van der Waals surface area (Å²) in [5.41, 5.74) is 39.4. The van der Waals surface area contributed by atoms with Crippen molar-refractivity contribution in [2.24, 2.45) is 0 Å². The topological polar surface area (TPSA) is 115 Å². The van der Waals surface area contributed by atoms with Gasteiger partial charge in [0.2, 0.25) is 0 Å². The van der Waals surface area contributed by atoms with Gasteiger partial charge < -0.3 is 19.9 Å². The summed E-state index contributed by atoms with van der Waals surface area (Å²) in [5, 5.41) is 3.81. The van der Waals surface area contributed by atoms with Crippen LogP contribution in [-0.2, 0) is 65.0 Å². The third-order valence-corrected chi connectivity index (χ3v) is 28.0. The highest BCUT2D eigenvalue weighted by Crippen LogP contribution is 2.51. The van der Waals surface area contributed by atoms with Crippen molar-refractivity contribution in [1.29, 1.82) is 0 Å². The molecule has 0 spiro atoms. The van der Waals surface area contributed by atoms with Crippen LogP contribution < -0.4 is 0 Å². The van der Waals surface area contributed by atoms with Crippen molar-refractivity contribution < 1.29 is 0 Å². The van der Waals surface area contributed by atoms with E-state index in [2.05, 4.69) is 463 Å². The van der Waals surface area contributed by atoms with Crippen LogP contribution in [0.2, 0.25) is 0 Å². The fourth-order valence-electron chi connectivity index (χ4n) is 19.1. The van der Waals surface area contributed by atoms with Gasteiger partial charge in [-0.3, -0.25) is 0 Å². The van der Waals surface area contributed by atoms with E-state index in [-0.39, 0.29) is 65.0 Å². The molecule has 4 N–H and O–H groups in total. The molecular weight excluding hydrogens is 1600 g/mol. The molecule has 0 saturated carbocycles. The maximum atomic E-state index is 6.45. The molecule has 0 atom stereocenters. The molecule has 0 aliphatic carbocycles. The number of fused-ring (bicyclic) bond motifs is 18. The van der Waals surface area contributed by atoms with Gasteiger partial charge in [0.1, 0.15) is 0 Å². The summed E-state index contributed by atoms with van der Waals surface area (Å²) < 4.78 is 0. The standard InChI is InChI=1S/C124H144N8/c1-113(2,3)75-49-69(50-76(61-75)114(4,5)6)103-89-37-39-91(125-89)105(71-53-79(117(13,14)15)63-80(54-71)118(16,17)18)95-45-47-99(129-95)109-110-100-48-46-96(130-100)106(72-55-81(119(19,20)21)64-82(56-72)120(22,23)24)92-40-38-90(126-92)104(70-51-77(115(7,8)9)62-78(52-70)116(10,11)12)94-42-44-98(128-94)108(74-59-85(123(31,32)33)66-86(60-74)124(34,35)36)102-68-88(112(110)132-102)87-67-101(131-111(87)109)107(97-43-41-93(103)127-97)73-57-83(121(25,26)27)65-84(58-73)122(28,29)30/h37-68,127-130H,1-36H3. The fourth-order valence-corrected chi connectivity index (χ4v) is 19.1. The summed E-state index contributed by atoms with van der Waals surface area (Å²) in [6.45, 7) is 84.3. The van der Waals surface area contributed by atoms with Crippen molar-refractivity contribution in [2.75, 3.05) is 0 Å². The predicted octanol–water partition coefficient (Wildman–Crippen LogP) is 35.2. The van der Waals surface area contributed by atoms with Crippen molar-refractivity contribution in [3.8, 4) is 66.8 Å². The number of nitrogens with zero attached hydrogens (tertiary/aromatic N) is 4. The van der Waals surface area contributed by atoms with Gasteiger partial charge >= 0.3 is 0 Å². The van der Waals surface area contributed by atoms with E-state index >= 15 is 0 Å². The molecule has 0 radical (unpaired) electrons. The van der Waals surface area contributed by atoms with Gasteiger partial charge in [-0.25, -0.2) is 19.9 Å². The lowest BCUT2D eigenvalue weighted by molar-refractivity contribution is 0.568. The summed E-state index contributed by atoms with van der Waals surface area (Å²) in [7, 11) is 0. The van der Waals surface area contributed by atoms with Crippen LogP contribution in [0, 0.1) is 0 Å². The van der Waals surface area contributed by atoms with E-state index in [1.54, 1.807) is 0 Å². The first-order valence-corrected chi connectivity index (χ1v) is 48.3. The first-order chi connectivity index (χ1) is 60.9. The average Bonchev–Trinajstić information content (AvgIpc) is 1.55.